The second-order valence-electron chi connectivity index (χ2n) is 7.20. The number of hydrogen-bond donors (Lipinski definition) is 0. The van der Waals surface area contributed by atoms with Crippen molar-refractivity contribution >= 4 is 5.91 Å². The first-order chi connectivity index (χ1) is 10.6. The quantitative estimate of drug-likeness (QED) is 0.854. The average Bonchev–Trinajstić information content (AvgIpc) is 3.10. The van der Waals surface area contributed by atoms with Crippen LogP contribution in [-0.4, -0.2) is 33.2 Å². The van der Waals surface area contributed by atoms with E-state index in [4.69, 9.17) is 0 Å². The van der Waals surface area contributed by atoms with Gasteiger partial charge in [0.2, 0.25) is 5.91 Å². The lowest BCUT2D eigenvalue weighted by atomic mass is 9.98. The highest BCUT2D eigenvalue weighted by atomic mass is 16.2. The maximum atomic E-state index is 12.7. The second kappa shape index (κ2) is 6.84. The monoisotopic (exact) mass is 303 g/mol. The number of carbonyl (C=O) groups excluding carboxylic acids is 1. The third kappa shape index (κ3) is 3.53. The maximum Gasteiger partial charge on any atom is 0.223 e. The molecule has 122 valence electrons. The molecular formula is C18H29N3O. The molecule has 1 aromatic rings. The second-order valence-corrected chi connectivity index (χ2v) is 7.20. The Hall–Kier alpha value is -1.32. The van der Waals surface area contributed by atoms with E-state index in [-0.39, 0.29) is 0 Å². The van der Waals surface area contributed by atoms with Crippen LogP contribution in [0.2, 0.25) is 0 Å². The van der Waals surface area contributed by atoms with Gasteiger partial charge in [0.25, 0.3) is 0 Å². The molecule has 3 rings (SSSR count). The van der Waals surface area contributed by atoms with Crippen LogP contribution in [-0.2, 0) is 11.3 Å². The van der Waals surface area contributed by atoms with Crippen LogP contribution in [0, 0.1) is 19.8 Å². The molecule has 2 fully saturated rings. The van der Waals surface area contributed by atoms with Gasteiger partial charge in [-0.15, -0.1) is 0 Å². The van der Waals surface area contributed by atoms with Crippen LogP contribution in [0.25, 0.3) is 0 Å². The summed E-state index contributed by atoms with van der Waals surface area (Å²) in [5.74, 6) is 1.03. The lowest BCUT2D eigenvalue weighted by molar-refractivity contribution is -0.136. The Kier molecular flexibility index (Phi) is 4.84. The molecule has 1 aliphatic carbocycles. The van der Waals surface area contributed by atoms with Gasteiger partial charge in [-0.05, 0) is 57.9 Å². The Morgan fingerprint density at radius 2 is 1.91 bits per heavy atom. The van der Waals surface area contributed by atoms with Crippen molar-refractivity contribution in [1.82, 2.24) is 14.7 Å². The summed E-state index contributed by atoms with van der Waals surface area (Å²) in [5, 5.41) is 4.58. The van der Waals surface area contributed by atoms with Gasteiger partial charge < -0.3 is 4.90 Å². The normalized spacial score (nSPS) is 23.2. The maximum absolute atomic E-state index is 12.7. The van der Waals surface area contributed by atoms with Gasteiger partial charge in [0.05, 0.1) is 18.3 Å². The molecule has 0 N–H and O–H groups in total. The summed E-state index contributed by atoms with van der Waals surface area (Å²) in [5.41, 5.74) is 2.27. The van der Waals surface area contributed by atoms with Crippen molar-refractivity contribution < 1.29 is 4.79 Å². The standard InChI is InChI=1S/C18H29N3O/c1-14-11-15(2)21(19-14)13-17-9-5-6-10-20(17)18(22)12-16-7-3-4-8-16/h11,16-17H,3-10,12-13H2,1-2H3/t17-/m1/s1. The first-order valence-corrected chi connectivity index (χ1v) is 8.94. The largest absolute Gasteiger partial charge is 0.338 e. The molecule has 0 aromatic carbocycles. The molecule has 1 amide bonds. The van der Waals surface area contributed by atoms with Crippen molar-refractivity contribution in [3.8, 4) is 0 Å². The fourth-order valence-electron chi connectivity index (χ4n) is 4.16. The lowest BCUT2D eigenvalue weighted by Gasteiger charge is -2.36. The van der Waals surface area contributed by atoms with Gasteiger partial charge in [0.1, 0.15) is 0 Å². The number of rotatable bonds is 4. The van der Waals surface area contributed by atoms with Crippen LogP contribution in [0.15, 0.2) is 6.07 Å². The van der Waals surface area contributed by atoms with E-state index in [0.29, 0.717) is 17.9 Å². The zero-order valence-corrected chi connectivity index (χ0v) is 14.1. The van der Waals surface area contributed by atoms with E-state index in [9.17, 15) is 4.79 Å². The highest BCUT2D eigenvalue weighted by Gasteiger charge is 2.29. The molecule has 0 unspecified atom stereocenters. The molecule has 2 heterocycles. The summed E-state index contributed by atoms with van der Waals surface area (Å²) in [7, 11) is 0. The molecule has 1 aromatic heterocycles. The Labute approximate surface area is 133 Å². The SMILES string of the molecule is Cc1cc(C)n(C[C@H]2CCCCN2C(=O)CC2CCCC2)n1. The molecule has 0 spiro atoms. The van der Waals surface area contributed by atoms with Gasteiger partial charge in [0, 0.05) is 18.7 Å². The minimum absolute atomic E-state index is 0.334. The first kappa shape index (κ1) is 15.6. The van der Waals surface area contributed by atoms with Crippen molar-refractivity contribution in [2.45, 2.75) is 77.8 Å². The molecule has 1 saturated heterocycles. The molecule has 1 saturated carbocycles. The zero-order chi connectivity index (χ0) is 15.5. The summed E-state index contributed by atoms with van der Waals surface area (Å²) in [6.45, 7) is 5.94. The van der Waals surface area contributed by atoms with Gasteiger partial charge in [-0.3, -0.25) is 9.48 Å². The van der Waals surface area contributed by atoms with E-state index in [0.717, 1.165) is 38.0 Å². The average molecular weight is 303 g/mol. The lowest BCUT2D eigenvalue weighted by Crippen LogP contribution is -2.46. The van der Waals surface area contributed by atoms with Crippen LogP contribution in [0.5, 0.6) is 0 Å². The highest BCUT2D eigenvalue weighted by molar-refractivity contribution is 5.77. The summed E-state index contributed by atoms with van der Waals surface area (Å²) in [4.78, 5) is 14.9. The Morgan fingerprint density at radius 3 is 2.59 bits per heavy atom. The highest BCUT2D eigenvalue weighted by Crippen LogP contribution is 2.29. The van der Waals surface area contributed by atoms with Crippen molar-refractivity contribution in [2.75, 3.05) is 6.54 Å². The van der Waals surface area contributed by atoms with E-state index in [1.54, 1.807) is 0 Å². The molecular weight excluding hydrogens is 274 g/mol. The molecule has 22 heavy (non-hydrogen) atoms. The fraction of sp³-hybridized carbons (Fsp3) is 0.778. The fourth-order valence-corrected chi connectivity index (χ4v) is 4.16. The predicted octanol–water partition coefficient (Wildman–Crippen LogP) is 3.46. The van der Waals surface area contributed by atoms with Crippen LogP contribution in [0.3, 0.4) is 0 Å². The van der Waals surface area contributed by atoms with Gasteiger partial charge in [-0.1, -0.05) is 12.8 Å². The minimum Gasteiger partial charge on any atom is -0.338 e. The summed E-state index contributed by atoms with van der Waals surface area (Å²) in [6.07, 6.45) is 9.41. The Balaban J connectivity index is 1.65. The van der Waals surface area contributed by atoms with Crippen LogP contribution in [0.4, 0.5) is 0 Å². The predicted molar refractivity (Wildman–Crippen MR) is 87.6 cm³/mol. The topological polar surface area (TPSA) is 38.1 Å². The molecule has 1 atom stereocenters. The summed E-state index contributed by atoms with van der Waals surface area (Å²) >= 11 is 0. The number of amides is 1. The number of piperidine rings is 1. The number of carbonyl (C=O) groups is 1. The van der Waals surface area contributed by atoms with Crippen LogP contribution < -0.4 is 0 Å². The third-order valence-electron chi connectivity index (χ3n) is 5.37. The molecule has 2 aliphatic rings. The zero-order valence-electron chi connectivity index (χ0n) is 14.1. The number of hydrogen-bond acceptors (Lipinski definition) is 2. The minimum atomic E-state index is 0.334. The Morgan fingerprint density at radius 1 is 1.18 bits per heavy atom. The van der Waals surface area contributed by atoms with E-state index < -0.39 is 0 Å². The van der Waals surface area contributed by atoms with E-state index in [2.05, 4.69) is 27.7 Å². The van der Waals surface area contributed by atoms with Gasteiger partial charge in [0.15, 0.2) is 0 Å². The molecule has 4 heteroatoms. The third-order valence-corrected chi connectivity index (χ3v) is 5.37. The smallest absolute Gasteiger partial charge is 0.223 e. The molecule has 0 radical (unpaired) electrons. The Bertz CT molecular complexity index is 516. The van der Waals surface area contributed by atoms with Crippen molar-refractivity contribution in [2.24, 2.45) is 5.92 Å². The van der Waals surface area contributed by atoms with Crippen molar-refractivity contribution in [3.05, 3.63) is 17.5 Å². The van der Waals surface area contributed by atoms with Gasteiger partial charge >= 0.3 is 0 Å². The molecule has 1 aliphatic heterocycles. The van der Waals surface area contributed by atoms with Gasteiger partial charge in [-0.2, -0.15) is 5.10 Å². The van der Waals surface area contributed by atoms with Crippen molar-refractivity contribution in [3.63, 3.8) is 0 Å². The van der Waals surface area contributed by atoms with Crippen LogP contribution in [0.1, 0.15) is 62.8 Å². The van der Waals surface area contributed by atoms with E-state index >= 15 is 0 Å². The number of aromatic nitrogens is 2. The number of aryl methyl sites for hydroxylation is 2. The van der Waals surface area contributed by atoms with E-state index in [1.165, 1.54) is 37.8 Å². The summed E-state index contributed by atoms with van der Waals surface area (Å²) in [6, 6.07) is 2.45. The summed E-state index contributed by atoms with van der Waals surface area (Å²) < 4.78 is 2.08. The molecule has 4 nitrogen and oxygen atoms in total. The first-order valence-electron chi connectivity index (χ1n) is 8.94. The van der Waals surface area contributed by atoms with E-state index in [1.807, 2.05) is 6.92 Å². The van der Waals surface area contributed by atoms with Crippen LogP contribution >= 0.6 is 0 Å². The van der Waals surface area contributed by atoms with Gasteiger partial charge in [-0.25, -0.2) is 0 Å². The number of likely N-dealkylation sites (tertiary alicyclic amines) is 1. The number of nitrogens with zero attached hydrogens (tertiary/aromatic N) is 3. The molecule has 0 bridgehead atoms. The van der Waals surface area contributed by atoms with Crippen molar-refractivity contribution in [1.29, 1.82) is 0 Å².